The standard InChI is InChI=1S/C8H4BrClF4O2S/c9-4-1-2-5(6(11)3-4)7(8(12,13)14)17(10,15)16/h1-3,7H. The van der Waals surface area contributed by atoms with Crippen molar-refractivity contribution in [2.24, 2.45) is 0 Å². The Labute approximate surface area is 107 Å². The van der Waals surface area contributed by atoms with E-state index in [0.29, 0.717) is 0 Å². The summed E-state index contributed by atoms with van der Waals surface area (Å²) in [6, 6.07) is 2.55. The predicted molar refractivity (Wildman–Crippen MR) is 57.7 cm³/mol. The fourth-order valence-corrected chi connectivity index (χ4v) is 2.94. The third-order valence-corrected chi connectivity index (χ3v) is 3.94. The summed E-state index contributed by atoms with van der Waals surface area (Å²) >= 11 is 2.84. The second-order valence-corrected chi connectivity index (χ2v) is 6.69. The summed E-state index contributed by atoms with van der Waals surface area (Å²) in [6.45, 7) is 0. The lowest BCUT2D eigenvalue weighted by atomic mass is 10.1. The summed E-state index contributed by atoms with van der Waals surface area (Å²) in [5.74, 6) is -1.30. The Kier molecular flexibility index (Phi) is 4.10. The maximum absolute atomic E-state index is 13.3. The van der Waals surface area contributed by atoms with E-state index in [-0.39, 0.29) is 4.47 Å². The first-order chi connectivity index (χ1) is 7.53. The Morgan fingerprint density at radius 2 is 1.82 bits per heavy atom. The average Bonchev–Trinajstić information content (AvgIpc) is 2.04. The van der Waals surface area contributed by atoms with E-state index < -0.39 is 31.9 Å². The maximum atomic E-state index is 13.3. The van der Waals surface area contributed by atoms with Gasteiger partial charge in [-0.2, -0.15) is 13.2 Å². The minimum Gasteiger partial charge on any atom is -0.211 e. The lowest BCUT2D eigenvalue weighted by molar-refractivity contribution is -0.131. The van der Waals surface area contributed by atoms with E-state index in [4.69, 9.17) is 10.7 Å². The summed E-state index contributed by atoms with van der Waals surface area (Å²) in [5.41, 5.74) is -1.03. The first-order valence-corrected chi connectivity index (χ1v) is 7.15. The van der Waals surface area contributed by atoms with Crippen LogP contribution in [0.4, 0.5) is 17.6 Å². The molecule has 0 amide bonds. The van der Waals surface area contributed by atoms with E-state index in [1.54, 1.807) is 0 Å². The molecule has 9 heteroatoms. The van der Waals surface area contributed by atoms with E-state index in [1.165, 1.54) is 0 Å². The molecule has 1 unspecified atom stereocenters. The van der Waals surface area contributed by atoms with Crippen LogP contribution < -0.4 is 0 Å². The van der Waals surface area contributed by atoms with Gasteiger partial charge in [-0.1, -0.05) is 22.0 Å². The molecule has 0 aliphatic heterocycles. The van der Waals surface area contributed by atoms with Gasteiger partial charge in [-0.05, 0) is 12.1 Å². The van der Waals surface area contributed by atoms with E-state index in [1.807, 2.05) is 0 Å². The molecule has 0 aliphatic rings. The number of rotatable bonds is 2. The van der Waals surface area contributed by atoms with Crippen LogP contribution in [0.5, 0.6) is 0 Å². The zero-order valence-corrected chi connectivity index (χ0v) is 11.0. The molecule has 0 aromatic heterocycles. The summed E-state index contributed by atoms with van der Waals surface area (Å²) < 4.78 is 72.9. The Morgan fingerprint density at radius 1 is 1.29 bits per heavy atom. The first-order valence-electron chi connectivity index (χ1n) is 3.98. The third-order valence-electron chi connectivity index (χ3n) is 1.82. The van der Waals surface area contributed by atoms with Gasteiger partial charge in [0.2, 0.25) is 9.05 Å². The molecule has 0 bridgehead atoms. The summed E-state index contributed by atoms with van der Waals surface area (Å²) in [4.78, 5) is 0. The van der Waals surface area contributed by atoms with Gasteiger partial charge < -0.3 is 0 Å². The highest BCUT2D eigenvalue weighted by Gasteiger charge is 2.50. The molecule has 0 aliphatic carbocycles. The lowest BCUT2D eigenvalue weighted by Crippen LogP contribution is -2.26. The van der Waals surface area contributed by atoms with Gasteiger partial charge >= 0.3 is 6.18 Å². The fraction of sp³-hybridized carbons (Fsp3) is 0.250. The molecule has 0 fully saturated rings. The van der Waals surface area contributed by atoms with Crippen LogP contribution in [0.25, 0.3) is 0 Å². The molecule has 1 atom stereocenters. The quantitative estimate of drug-likeness (QED) is 0.598. The van der Waals surface area contributed by atoms with Crippen molar-refractivity contribution in [1.29, 1.82) is 0 Å². The second kappa shape index (κ2) is 4.74. The third kappa shape index (κ3) is 3.56. The topological polar surface area (TPSA) is 34.1 Å². The molecule has 0 spiro atoms. The van der Waals surface area contributed by atoms with Gasteiger partial charge in [0, 0.05) is 20.7 Å². The van der Waals surface area contributed by atoms with Crippen molar-refractivity contribution in [2.45, 2.75) is 11.4 Å². The van der Waals surface area contributed by atoms with Crippen LogP contribution in [-0.4, -0.2) is 14.6 Å². The Morgan fingerprint density at radius 3 is 2.18 bits per heavy atom. The molecule has 0 saturated heterocycles. The summed E-state index contributed by atoms with van der Waals surface area (Å²) in [7, 11) is -0.315. The van der Waals surface area contributed by atoms with Crippen molar-refractivity contribution >= 4 is 35.7 Å². The normalized spacial score (nSPS) is 14.7. The van der Waals surface area contributed by atoms with Crippen molar-refractivity contribution < 1.29 is 26.0 Å². The molecular weight excluding hydrogens is 352 g/mol. The van der Waals surface area contributed by atoms with Crippen LogP contribution in [0.1, 0.15) is 10.8 Å². The van der Waals surface area contributed by atoms with E-state index in [0.717, 1.165) is 18.2 Å². The van der Waals surface area contributed by atoms with Crippen LogP contribution in [0, 0.1) is 5.82 Å². The molecule has 0 radical (unpaired) electrons. The van der Waals surface area contributed by atoms with Gasteiger partial charge in [-0.3, -0.25) is 0 Å². The minimum absolute atomic E-state index is 0.187. The highest BCUT2D eigenvalue weighted by Crippen LogP contribution is 2.42. The average molecular weight is 356 g/mol. The van der Waals surface area contributed by atoms with Crippen LogP contribution >= 0.6 is 26.6 Å². The van der Waals surface area contributed by atoms with E-state index >= 15 is 0 Å². The van der Waals surface area contributed by atoms with Crippen LogP contribution in [-0.2, 0) is 9.05 Å². The number of alkyl halides is 3. The van der Waals surface area contributed by atoms with Gasteiger partial charge in [0.15, 0.2) is 5.25 Å². The molecule has 96 valence electrons. The SMILES string of the molecule is O=S(=O)(Cl)C(c1ccc(Br)cc1F)C(F)(F)F. The maximum Gasteiger partial charge on any atom is 0.410 e. The number of benzene rings is 1. The zero-order chi connectivity index (χ0) is 13.4. The highest BCUT2D eigenvalue weighted by molar-refractivity contribution is 9.10. The van der Waals surface area contributed by atoms with Gasteiger partial charge in [0.25, 0.3) is 0 Å². The molecule has 1 aromatic carbocycles. The lowest BCUT2D eigenvalue weighted by Gasteiger charge is -2.18. The van der Waals surface area contributed by atoms with Gasteiger partial charge in [-0.25, -0.2) is 12.8 Å². The molecule has 1 aromatic rings. The van der Waals surface area contributed by atoms with Gasteiger partial charge in [0.05, 0.1) is 0 Å². The van der Waals surface area contributed by atoms with Crippen molar-refractivity contribution in [1.82, 2.24) is 0 Å². The molecule has 17 heavy (non-hydrogen) atoms. The van der Waals surface area contributed by atoms with E-state index in [2.05, 4.69) is 15.9 Å². The largest absolute Gasteiger partial charge is 0.410 e. The molecular formula is C8H4BrClF4O2S. The van der Waals surface area contributed by atoms with Crippen LogP contribution in [0.3, 0.4) is 0 Å². The van der Waals surface area contributed by atoms with Crippen LogP contribution in [0.15, 0.2) is 22.7 Å². The van der Waals surface area contributed by atoms with Gasteiger partial charge in [-0.15, -0.1) is 0 Å². The number of halogens is 6. The number of hydrogen-bond donors (Lipinski definition) is 0. The second-order valence-electron chi connectivity index (χ2n) is 3.06. The smallest absolute Gasteiger partial charge is 0.211 e. The monoisotopic (exact) mass is 354 g/mol. The zero-order valence-electron chi connectivity index (χ0n) is 7.80. The van der Waals surface area contributed by atoms with Gasteiger partial charge in [0.1, 0.15) is 5.82 Å². The Bertz CT molecular complexity index is 529. The molecule has 1 rings (SSSR count). The summed E-state index contributed by atoms with van der Waals surface area (Å²) in [6.07, 6.45) is -5.19. The molecule has 2 nitrogen and oxygen atoms in total. The number of hydrogen-bond acceptors (Lipinski definition) is 2. The van der Waals surface area contributed by atoms with Crippen molar-refractivity contribution in [3.63, 3.8) is 0 Å². The molecule has 0 N–H and O–H groups in total. The molecule has 0 saturated carbocycles. The Balaban J connectivity index is 3.44. The van der Waals surface area contributed by atoms with Crippen molar-refractivity contribution in [2.75, 3.05) is 0 Å². The first kappa shape index (κ1) is 14.7. The fourth-order valence-electron chi connectivity index (χ4n) is 1.20. The molecule has 0 heterocycles. The van der Waals surface area contributed by atoms with Crippen LogP contribution in [0.2, 0.25) is 0 Å². The van der Waals surface area contributed by atoms with E-state index in [9.17, 15) is 26.0 Å². The van der Waals surface area contributed by atoms with Crippen molar-refractivity contribution in [3.05, 3.63) is 34.1 Å². The van der Waals surface area contributed by atoms with Crippen molar-refractivity contribution in [3.8, 4) is 0 Å². The minimum atomic E-state index is -5.19. The highest BCUT2D eigenvalue weighted by atomic mass is 79.9. The predicted octanol–water partition coefficient (Wildman–Crippen LogP) is 3.76. The summed E-state index contributed by atoms with van der Waals surface area (Å²) in [5, 5.41) is -3.08. The Hall–Kier alpha value is -0.340.